The number of fused-ring (bicyclic) bond motifs is 1. The van der Waals surface area contributed by atoms with Crippen LogP contribution >= 0.6 is 11.8 Å². The van der Waals surface area contributed by atoms with Crippen molar-refractivity contribution in [1.82, 2.24) is 4.72 Å². The molecule has 0 aliphatic carbocycles. The molecule has 0 radical (unpaired) electrons. The Labute approximate surface area is 187 Å². The Bertz CT molecular complexity index is 1190. The summed E-state index contributed by atoms with van der Waals surface area (Å²) in [4.78, 5) is 16.0. The highest BCUT2D eigenvalue weighted by molar-refractivity contribution is 8.00. The second-order valence-corrected chi connectivity index (χ2v) is 13.3. The molecule has 7 nitrogen and oxygen atoms in total. The standard InChI is InChI=1S/C21H24N2O5S3/c1-15-10-12-23(19-4-2-3-5-20(19)29-15)21(24)16-6-8-18(9-7-16)31(27,28)22-17-11-13-30(25,26)14-17/h2-9,15,17,22H,10-14H2,1H3/t15-,17+/m0/s1. The number of carbonyl (C=O) groups excluding carboxylic acids is 1. The first-order valence-corrected chi connectivity index (χ1v) is 14.2. The molecule has 0 aromatic heterocycles. The fourth-order valence-electron chi connectivity index (χ4n) is 3.81. The first-order chi connectivity index (χ1) is 14.6. The Kier molecular flexibility index (Phi) is 6.17. The molecule has 1 fully saturated rings. The van der Waals surface area contributed by atoms with E-state index in [9.17, 15) is 21.6 Å². The lowest BCUT2D eigenvalue weighted by Crippen LogP contribution is -2.35. The zero-order chi connectivity index (χ0) is 22.2. The molecule has 2 aromatic carbocycles. The van der Waals surface area contributed by atoms with Gasteiger partial charge >= 0.3 is 0 Å². The monoisotopic (exact) mass is 480 g/mol. The van der Waals surface area contributed by atoms with E-state index in [0.717, 1.165) is 17.0 Å². The molecule has 31 heavy (non-hydrogen) atoms. The van der Waals surface area contributed by atoms with Crippen LogP contribution < -0.4 is 9.62 Å². The number of sulfone groups is 1. The summed E-state index contributed by atoms with van der Waals surface area (Å²) in [6.07, 6.45) is 1.12. The van der Waals surface area contributed by atoms with Gasteiger partial charge in [-0.3, -0.25) is 4.79 Å². The summed E-state index contributed by atoms with van der Waals surface area (Å²) in [5, 5.41) is 0.386. The van der Waals surface area contributed by atoms with E-state index in [1.54, 1.807) is 16.7 Å². The van der Waals surface area contributed by atoms with Gasteiger partial charge in [0.2, 0.25) is 10.0 Å². The fraction of sp³-hybridized carbons (Fsp3) is 0.381. The largest absolute Gasteiger partial charge is 0.307 e. The highest BCUT2D eigenvalue weighted by Gasteiger charge is 2.31. The SMILES string of the molecule is C[C@H]1CCN(C(=O)c2ccc(S(=O)(=O)N[C@@H]3CCS(=O)(=O)C3)cc2)c2ccccc2S1. The number of amides is 1. The zero-order valence-corrected chi connectivity index (χ0v) is 19.5. The predicted molar refractivity (Wildman–Crippen MR) is 122 cm³/mol. The van der Waals surface area contributed by atoms with Crippen LogP contribution in [0, 0.1) is 0 Å². The summed E-state index contributed by atoms with van der Waals surface area (Å²) in [5.41, 5.74) is 1.26. The maximum Gasteiger partial charge on any atom is 0.258 e. The Balaban J connectivity index is 1.54. The predicted octanol–water partition coefficient (Wildman–Crippen LogP) is 2.68. The molecule has 0 spiro atoms. The van der Waals surface area contributed by atoms with Crippen LogP contribution in [-0.4, -0.2) is 52.1 Å². The number of sulfonamides is 1. The third kappa shape index (κ3) is 4.97. The summed E-state index contributed by atoms with van der Waals surface area (Å²) in [6.45, 7) is 2.72. The van der Waals surface area contributed by atoms with Crippen molar-refractivity contribution >= 4 is 43.2 Å². The number of thioether (sulfide) groups is 1. The minimum absolute atomic E-state index is 0.00814. The van der Waals surface area contributed by atoms with Crippen molar-refractivity contribution in [2.24, 2.45) is 0 Å². The first-order valence-electron chi connectivity index (χ1n) is 10.0. The van der Waals surface area contributed by atoms with Gasteiger partial charge in [0.05, 0.1) is 22.1 Å². The van der Waals surface area contributed by atoms with Crippen molar-refractivity contribution in [3.63, 3.8) is 0 Å². The average Bonchev–Trinajstić information content (AvgIpc) is 2.96. The van der Waals surface area contributed by atoms with Crippen LogP contribution in [0.1, 0.15) is 30.1 Å². The van der Waals surface area contributed by atoms with Crippen LogP contribution in [0.4, 0.5) is 5.69 Å². The number of benzene rings is 2. The summed E-state index contributed by atoms with van der Waals surface area (Å²) >= 11 is 1.75. The molecule has 0 saturated carbocycles. The summed E-state index contributed by atoms with van der Waals surface area (Å²) in [7, 11) is -7.06. The van der Waals surface area contributed by atoms with Crippen LogP contribution in [-0.2, 0) is 19.9 Å². The van der Waals surface area contributed by atoms with Gasteiger partial charge in [-0.1, -0.05) is 19.1 Å². The Morgan fingerprint density at radius 2 is 1.81 bits per heavy atom. The second-order valence-electron chi connectivity index (χ2n) is 7.89. The van der Waals surface area contributed by atoms with Crippen molar-refractivity contribution < 1.29 is 21.6 Å². The molecule has 2 aliphatic heterocycles. The number of para-hydroxylation sites is 1. The maximum absolute atomic E-state index is 13.2. The number of carbonyl (C=O) groups is 1. The van der Waals surface area contributed by atoms with Crippen LogP contribution in [0.3, 0.4) is 0 Å². The lowest BCUT2D eigenvalue weighted by molar-refractivity contribution is 0.0986. The quantitative estimate of drug-likeness (QED) is 0.722. The minimum atomic E-state index is -3.87. The van der Waals surface area contributed by atoms with Crippen molar-refractivity contribution in [2.45, 2.75) is 40.8 Å². The van der Waals surface area contributed by atoms with Crippen molar-refractivity contribution in [1.29, 1.82) is 0 Å². The van der Waals surface area contributed by atoms with E-state index < -0.39 is 25.9 Å². The molecule has 2 aliphatic rings. The molecule has 0 bridgehead atoms. The van der Waals surface area contributed by atoms with Gasteiger partial charge in [-0.15, -0.1) is 11.8 Å². The minimum Gasteiger partial charge on any atom is -0.307 e. The Morgan fingerprint density at radius 1 is 1.10 bits per heavy atom. The van der Waals surface area contributed by atoms with E-state index in [1.165, 1.54) is 24.3 Å². The number of hydrogen-bond acceptors (Lipinski definition) is 6. The molecule has 10 heteroatoms. The fourth-order valence-corrected chi connectivity index (χ4v) is 7.97. The third-order valence-corrected chi connectivity index (χ3v) is 10.00. The molecule has 166 valence electrons. The number of nitrogens with one attached hydrogen (secondary N) is 1. The van der Waals surface area contributed by atoms with Crippen LogP contribution in [0.5, 0.6) is 0 Å². The number of anilines is 1. The third-order valence-electron chi connectivity index (χ3n) is 5.45. The molecule has 2 aromatic rings. The van der Waals surface area contributed by atoms with Crippen molar-refractivity contribution in [3.8, 4) is 0 Å². The van der Waals surface area contributed by atoms with Gasteiger partial charge < -0.3 is 4.90 Å². The molecule has 4 rings (SSSR count). The molecule has 2 atom stereocenters. The average molecular weight is 481 g/mol. The van der Waals surface area contributed by atoms with E-state index >= 15 is 0 Å². The van der Waals surface area contributed by atoms with Crippen LogP contribution in [0.2, 0.25) is 0 Å². The van der Waals surface area contributed by atoms with Gasteiger partial charge in [-0.05, 0) is 49.2 Å². The van der Waals surface area contributed by atoms with Gasteiger partial charge in [0.15, 0.2) is 9.84 Å². The zero-order valence-electron chi connectivity index (χ0n) is 17.0. The summed E-state index contributed by atoms with van der Waals surface area (Å²) < 4.78 is 50.9. The smallest absolute Gasteiger partial charge is 0.258 e. The van der Waals surface area contributed by atoms with Gasteiger partial charge in [0.25, 0.3) is 5.91 Å². The van der Waals surface area contributed by atoms with E-state index in [0.29, 0.717) is 17.4 Å². The molecule has 1 saturated heterocycles. The number of rotatable bonds is 4. The maximum atomic E-state index is 13.2. The molecular weight excluding hydrogens is 456 g/mol. The summed E-state index contributed by atoms with van der Waals surface area (Å²) in [6, 6.07) is 13.0. The molecule has 2 heterocycles. The summed E-state index contributed by atoms with van der Waals surface area (Å²) in [5.74, 6) is -0.379. The van der Waals surface area contributed by atoms with Crippen molar-refractivity contribution in [3.05, 3.63) is 54.1 Å². The molecular formula is C21H24N2O5S3. The van der Waals surface area contributed by atoms with Crippen LogP contribution in [0.25, 0.3) is 0 Å². The van der Waals surface area contributed by atoms with E-state index in [4.69, 9.17) is 0 Å². The normalized spacial score (nSPS) is 23.2. The Hall–Kier alpha value is -1.88. The van der Waals surface area contributed by atoms with Crippen molar-refractivity contribution in [2.75, 3.05) is 23.0 Å². The highest BCUT2D eigenvalue weighted by atomic mass is 32.2. The van der Waals surface area contributed by atoms with Gasteiger partial charge in [-0.25, -0.2) is 21.6 Å². The van der Waals surface area contributed by atoms with Gasteiger partial charge in [0.1, 0.15) is 0 Å². The lowest BCUT2D eigenvalue weighted by Gasteiger charge is -2.22. The number of hydrogen-bond donors (Lipinski definition) is 1. The highest BCUT2D eigenvalue weighted by Crippen LogP contribution is 2.37. The van der Waals surface area contributed by atoms with Gasteiger partial charge in [-0.2, -0.15) is 0 Å². The topological polar surface area (TPSA) is 101 Å². The first kappa shape index (κ1) is 22.3. The van der Waals surface area contributed by atoms with Gasteiger partial charge in [0, 0.05) is 28.3 Å². The lowest BCUT2D eigenvalue weighted by atomic mass is 10.1. The van der Waals surface area contributed by atoms with E-state index in [-0.39, 0.29) is 28.7 Å². The van der Waals surface area contributed by atoms with Crippen LogP contribution in [0.15, 0.2) is 58.3 Å². The number of nitrogens with zero attached hydrogens (tertiary/aromatic N) is 1. The molecule has 0 unspecified atom stereocenters. The molecule has 1 N–H and O–H groups in total. The second kappa shape index (κ2) is 8.57. The van der Waals surface area contributed by atoms with E-state index in [1.807, 2.05) is 24.3 Å². The molecule has 1 amide bonds. The van der Waals surface area contributed by atoms with E-state index in [2.05, 4.69) is 11.6 Å². The Morgan fingerprint density at radius 3 is 2.48 bits per heavy atom.